The summed E-state index contributed by atoms with van der Waals surface area (Å²) >= 11 is 0. The van der Waals surface area contributed by atoms with Crippen LogP contribution < -0.4 is 10.1 Å². The van der Waals surface area contributed by atoms with E-state index in [1.54, 1.807) is 7.11 Å². The van der Waals surface area contributed by atoms with Gasteiger partial charge in [-0.1, -0.05) is 0 Å². The van der Waals surface area contributed by atoms with Gasteiger partial charge in [-0.25, -0.2) is 0 Å². The van der Waals surface area contributed by atoms with Crippen LogP contribution in [0.25, 0.3) is 11.3 Å². The van der Waals surface area contributed by atoms with Crippen LogP contribution in [-0.2, 0) is 13.6 Å². The molecule has 2 aromatic rings. The Labute approximate surface area is 101 Å². The Bertz CT molecular complexity index is 488. The number of nitrogens with zero attached hydrogens (tertiary/aromatic N) is 2. The molecule has 1 aromatic carbocycles. The molecule has 1 heterocycles. The van der Waals surface area contributed by atoms with Crippen molar-refractivity contribution in [1.29, 1.82) is 0 Å². The zero-order chi connectivity index (χ0) is 12.3. The number of hydrogen-bond donors (Lipinski definition) is 1. The van der Waals surface area contributed by atoms with Gasteiger partial charge in [-0.2, -0.15) is 5.10 Å². The van der Waals surface area contributed by atoms with Crippen LogP contribution in [0.4, 0.5) is 0 Å². The maximum Gasteiger partial charge on any atom is 0.118 e. The molecule has 17 heavy (non-hydrogen) atoms. The molecular formula is C13H17N3O. The van der Waals surface area contributed by atoms with Crippen LogP contribution in [0.1, 0.15) is 5.56 Å². The largest absolute Gasteiger partial charge is 0.497 e. The van der Waals surface area contributed by atoms with Crippen molar-refractivity contribution in [3.05, 3.63) is 36.0 Å². The molecule has 0 unspecified atom stereocenters. The van der Waals surface area contributed by atoms with Crippen LogP contribution in [0, 0.1) is 0 Å². The van der Waals surface area contributed by atoms with E-state index < -0.39 is 0 Å². The SMILES string of the molecule is CNCc1cnn(C)c1-c1ccc(OC)cc1. The van der Waals surface area contributed by atoms with E-state index in [1.165, 1.54) is 5.56 Å². The van der Waals surface area contributed by atoms with Crippen LogP contribution >= 0.6 is 0 Å². The third-order valence-corrected chi connectivity index (χ3v) is 2.75. The van der Waals surface area contributed by atoms with Crippen molar-refractivity contribution in [3.8, 4) is 17.0 Å². The van der Waals surface area contributed by atoms with Gasteiger partial charge >= 0.3 is 0 Å². The third-order valence-electron chi connectivity index (χ3n) is 2.75. The highest BCUT2D eigenvalue weighted by molar-refractivity contribution is 5.64. The lowest BCUT2D eigenvalue weighted by atomic mass is 10.1. The molecule has 1 N–H and O–H groups in total. The third kappa shape index (κ3) is 2.31. The van der Waals surface area contributed by atoms with Gasteiger partial charge in [-0.05, 0) is 31.3 Å². The number of aromatic nitrogens is 2. The molecule has 4 heteroatoms. The average molecular weight is 231 g/mol. The summed E-state index contributed by atoms with van der Waals surface area (Å²) < 4.78 is 7.06. The summed E-state index contributed by atoms with van der Waals surface area (Å²) in [6.45, 7) is 0.815. The second-order valence-electron chi connectivity index (χ2n) is 3.90. The Morgan fingerprint density at radius 1 is 1.29 bits per heavy atom. The summed E-state index contributed by atoms with van der Waals surface area (Å²) in [5.41, 5.74) is 3.48. The van der Waals surface area contributed by atoms with Crippen molar-refractivity contribution in [2.75, 3.05) is 14.2 Å². The molecular weight excluding hydrogens is 214 g/mol. The summed E-state index contributed by atoms with van der Waals surface area (Å²) in [7, 11) is 5.56. The van der Waals surface area contributed by atoms with E-state index in [-0.39, 0.29) is 0 Å². The lowest BCUT2D eigenvalue weighted by Gasteiger charge is -2.07. The van der Waals surface area contributed by atoms with Gasteiger partial charge in [0, 0.05) is 24.7 Å². The molecule has 0 radical (unpaired) electrons. The van der Waals surface area contributed by atoms with Crippen molar-refractivity contribution in [2.45, 2.75) is 6.54 Å². The normalized spacial score (nSPS) is 10.5. The molecule has 4 nitrogen and oxygen atoms in total. The number of benzene rings is 1. The molecule has 0 saturated heterocycles. The quantitative estimate of drug-likeness (QED) is 0.872. The fraction of sp³-hybridized carbons (Fsp3) is 0.308. The van der Waals surface area contributed by atoms with Crippen LogP contribution in [-0.4, -0.2) is 23.9 Å². The summed E-state index contributed by atoms with van der Waals surface area (Å²) in [6, 6.07) is 8.03. The Morgan fingerprint density at radius 2 is 2.00 bits per heavy atom. The first-order valence-electron chi connectivity index (χ1n) is 5.56. The average Bonchev–Trinajstić information content (AvgIpc) is 2.71. The minimum atomic E-state index is 0.815. The van der Waals surface area contributed by atoms with Gasteiger partial charge in [0.1, 0.15) is 5.75 Å². The molecule has 90 valence electrons. The van der Waals surface area contributed by atoms with Crippen LogP contribution in [0.15, 0.2) is 30.5 Å². The minimum Gasteiger partial charge on any atom is -0.497 e. The van der Waals surface area contributed by atoms with Gasteiger partial charge in [0.25, 0.3) is 0 Å². The van der Waals surface area contributed by atoms with Crippen LogP contribution in [0.2, 0.25) is 0 Å². The molecule has 2 rings (SSSR count). The molecule has 0 aliphatic heterocycles. The number of rotatable bonds is 4. The molecule has 0 aliphatic carbocycles. The molecule has 0 bridgehead atoms. The van der Waals surface area contributed by atoms with E-state index in [2.05, 4.69) is 22.5 Å². The fourth-order valence-electron chi connectivity index (χ4n) is 1.92. The molecule has 0 amide bonds. The maximum atomic E-state index is 5.16. The molecule has 1 aromatic heterocycles. The number of methoxy groups -OCH3 is 1. The number of aryl methyl sites for hydroxylation is 1. The van der Waals surface area contributed by atoms with Crippen molar-refractivity contribution >= 4 is 0 Å². The van der Waals surface area contributed by atoms with Crippen molar-refractivity contribution in [1.82, 2.24) is 15.1 Å². The van der Waals surface area contributed by atoms with Crippen molar-refractivity contribution in [3.63, 3.8) is 0 Å². The van der Waals surface area contributed by atoms with Gasteiger partial charge in [0.15, 0.2) is 0 Å². The Balaban J connectivity index is 2.40. The lowest BCUT2D eigenvalue weighted by Crippen LogP contribution is -2.06. The highest BCUT2D eigenvalue weighted by atomic mass is 16.5. The van der Waals surface area contributed by atoms with Gasteiger partial charge < -0.3 is 10.1 Å². The van der Waals surface area contributed by atoms with Crippen molar-refractivity contribution in [2.24, 2.45) is 7.05 Å². The summed E-state index contributed by atoms with van der Waals surface area (Å²) in [4.78, 5) is 0. The van der Waals surface area contributed by atoms with E-state index in [0.29, 0.717) is 0 Å². The fourth-order valence-corrected chi connectivity index (χ4v) is 1.92. The van der Waals surface area contributed by atoms with E-state index in [0.717, 1.165) is 23.6 Å². The number of nitrogens with one attached hydrogen (secondary N) is 1. The molecule has 0 spiro atoms. The van der Waals surface area contributed by atoms with Gasteiger partial charge in [-0.15, -0.1) is 0 Å². The highest BCUT2D eigenvalue weighted by Crippen LogP contribution is 2.25. The predicted molar refractivity (Wildman–Crippen MR) is 68.0 cm³/mol. The smallest absolute Gasteiger partial charge is 0.118 e. The second-order valence-corrected chi connectivity index (χ2v) is 3.90. The first-order chi connectivity index (χ1) is 8.26. The maximum absolute atomic E-state index is 5.16. The summed E-state index contributed by atoms with van der Waals surface area (Å²) in [5, 5.41) is 7.45. The number of ether oxygens (including phenoxy) is 1. The molecule has 0 saturated carbocycles. The standard InChI is InChI=1S/C13H17N3O/c1-14-8-11-9-15-16(2)13(11)10-4-6-12(17-3)7-5-10/h4-7,9,14H,8H2,1-3H3. The summed E-state index contributed by atoms with van der Waals surface area (Å²) in [6.07, 6.45) is 1.90. The van der Waals surface area contributed by atoms with Gasteiger partial charge in [0.2, 0.25) is 0 Å². The predicted octanol–water partition coefficient (Wildman–Crippen LogP) is 1.82. The van der Waals surface area contributed by atoms with Gasteiger partial charge in [0.05, 0.1) is 19.0 Å². The molecule has 0 atom stereocenters. The minimum absolute atomic E-state index is 0.815. The molecule has 0 fully saturated rings. The lowest BCUT2D eigenvalue weighted by molar-refractivity contribution is 0.415. The first kappa shape index (κ1) is 11.7. The Morgan fingerprint density at radius 3 is 2.59 bits per heavy atom. The zero-order valence-corrected chi connectivity index (χ0v) is 10.4. The van der Waals surface area contributed by atoms with Crippen LogP contribution in [0.5, 0.6) is 5.75 Å². The first-order valence-corrected chi connectivity index (χ1v) is 5.56. The monoisotopic (exact) mass is 231 g/mol. The second kappa shape index (κ2) is 5.01. The zero-order valence-electron chi connectivity index (χ0n) is 10.4. The van der Waals surface area contributed by atoms with E-state index in [4.69, 9.17) is 4.74 Å². The molecule has 0 aliphatic rings. The topological polar surface area (TPSA) is 39.1 Å². The Hall–Kier alpha value is -1.81. The van der Waals surface area contributed by atoms with Crippen LogP contribution in [0.3, 0.4) is 0 Å². The van der Waals surface area contributed by atoms with E-state index in [9.17, 15) is 0 Å². The number of hydrogen-bond acceptors (Lipinski definition) is 3. The van der Waals surface area contributed by atoms with Gasteiger partial charge in [-0.3, -0.25) is 4.68 Å². The highest BCUT2D eigenvalue weighted by Gasteiger charge is 2.09. The Kier molecular flexibility index (Phi) is 3.44. The van der Waals surface area contributed by atoms with E-state index in [1.807, 2.05) is 37.1 Å². The van der Waals surface area contributed by atoms with Crippen molar-refractivity contribution < 1.29 is 4.74 Å². The van der Waals surface area contributed by atoms with E-state index >= 15 is 0 Å². The summed E-state index contributed by atoms with van der Waals surface area (Å²) in [5.74, 6) is 0.867.